The van der Waals surface area contributed by atoms with Crippen LogP contribution in [0.4, 0.5) is 0 Å². The average Bonchev–Trinajstić information content (AvgIpc) is 3.14. The third-order valence-corrected chi connectivity index (χ3v) is 3.99. The fourth-order valence-electron chi connectivity index (χ4n) is 2.79. The Morgan fingerprint density at radius 1 is 1.25 bits per heavy atom. The molecule has 1 fully saturated rings. The molecule has 1 atom stereocenters. The van der Waals surface area contributed by atoms with Gasteiger partial charge in [-0.1, -0.05) is 17.2 Å². The lowest BCUT2D eigenvalue weighted by Crippen LogP contribution is -2.24. The summed E-state index contributed by atoms with van der Waals surface area (Å²) in [5.74, 6) is 2.42. The Labute approximate surface area is 118 Å². The number of hydrogen-bond acceptors (Lipinski definition) is 6. The fourth-order valence-corrected chi connectivity index (χ4v) is 2.79. The fraction of sp³-hybridized carbons (Fsp3) is 0.643. The monoisotopic (exact) mass is 276 g/mol. The highest BCUT2D eigenvalue weighted by molar-refractivity contribution is 5.21. The minimum Gasteiger partial charge on any atom is -0.361 e. The SMILES string of the molecule is CCc1nc(C2CCCN2Cc2c(C)noc2C)no1. The van der Waals surface area contributed by atoms with Crippen molar-refractivity contribution in [2.45, 2.75) is 52.6 Å². The molecule has 2 aromatic rings. The minimum atomic E-state index is 0.243. The Morgan fingerprint density at radius 2 is 2.10 bits per heavy atom. The minimum absolute atomic E-state index is 0.243. The molecule has 2 aromatic heterocycles. The lowest BCUT2D eigenvalue weighted by Gasteiger charge is -2.21. The zero-order chi connectivity index (χ0) is 14.1. The van der Waals surface area contributed by atoms with Gasteiger partial charge in [-0.3, -0.25) is 4.90 Å². The van der Waals surface area contributed by atoms with Crippen molar-refractivity contribution in [1.82, 2.24) is 20.2 Å². The molecule has 6 nitrogen and oxygen atoms in total. The maximum Gasteiger partial charge on any atom is 0.226 e. The van der Waals surface area contributed by atoms with Crippen LogP contribution in [0.2, 0.25) is 0 Å². The van der Waals surface area contributed by atoms with Crippen molar-refractivity contribution in [1.29, 1.82) is 0 Å². The van der Waals surface area contributed by atoms with E-state index in [2.05, 4.69) is 20.2 Å². The van der Waals surface area contributed by atoms with Crippen LogP contribution >= 0.6 is 0 Å². The molecule has 0 aliphatic carbocycles. The molecule has 6 heteroatoms. The van der Waals surface area contributed by atoms with E-state index in [0.29, 0.717) is 5.89 Å². The van der Waals surface area contributed by atoms with Crippen molar-refractivity contribution in [3.63, 3.8) is 0 Å². The Bertz CT molecular complexity index is 570. The van der Waals surface area contributed by atoms with Gasteiger partial charge in [0, 0.05) is 18.5 Å². The molecule has 1 aliphatic rings. The number of aryl methyl sites for hydroxylation is 3. The predicted molar refractivity (Wildman–Crippen MR) is 72.0 cm³/mol. The van der Waals surface area contributed by atoms with Gasteiger partial charge in [-0.15, -0.1) is 0 Å². The molecular weight excluding hydrogens is 256 g/mol. The Balaban J connectivity index is 1.79. The van der Waals surface area contributed by atoms with Crippen molar-refractivity contribution in [3.8, 4) is 0 Å². The van der Waals surface area contributed by atoms with Crippen LogP contribution in [-0.4, -0.2) is 26.7 Å². The average molecular weight is 276 g/mol. The van der Waals surface area contributed by atoms with E-state index in [1.165, 1.54) is 5.56 Å². The summed E-state index contributed by atoms with van der Waals surface area (Å²) in [5, 5.41) is 8.15. The lowest BCUT2D eigenvalue weighted by molar-refractivity contribution is 0.232. The largest absolute Gasteiger partial charge is 0.361 e. The number of rotatable bonds is 4. The van der Waals surface area contributed by atoms with Gasteiger partial charge in [0.2, 0.25) is 5.89 Å². The maximum atomic E-state index is 5.24. The van der Waals surface area contributed by atoms with Crippen LogP contribution in [0.1, 0.15) is 54.5 Å². The Hall–Kier alpha value is -1.69. The second-order valence-corrected chi connectivity index (χ2v) is 5.33. The molecule has 0 N–H and O–H groups in total. The Kier molecular flexibility index (Phi) is 3.56. The van der Waals surface area contributed by atoms with Crippen LogP contribution in [0.15, 0.2) is 9.05 Å². The zero-order valence-corrected chi connectivity index (χ0v) is 12.2. The second-order valence-electron chi connectivity index (χ2n) is 5.33. The van der Waals surface area contributed by atoms with Gasteiger partial charge in [0.1, 0.15) is 5.76 Å². The first-order chi connectivity index (χ1) is 9.69. The van der Waals surface area contributed by atoms with Crippen molar-refractivity contribution in [3.05, 3.63) is 28.7 Å². The van der Waals surface area contributed by atoms with Gasteiger partial charge in [0.15, 0.2) is 5.82 Å². The molecule has 108 valence electrons. The third kappa shape index (κ3) is 2.35. The van der Waals surface area contributed by atoms with E-state index in [4.69, 9.17) is 9.05 Å². The maximum absolute atomic E-state index is 5.24. The molecule has 0 saturated carbocycles. The highest BCUT2D eigenvalue weighted by atomic mass is 16.5. The van der Waals surface area contributed by atoms with Crippen molar-refractivity contribution in [2.75, 3.05) is 6.54 Å². The first kappa shape index (κ1) is 13.3. The van der Waals surface area contributed by atoms with Gasteiger partial charge in [0.25, 0.3) is 0 Å². The molecule has 1 unspecified atom stereocenters. The van der Waals surface area contributed by atoms with Gasteiger partial charge < -0.3 is 9.05 Å². The number of likely N-dealkylation sites (tertiary alicyclic amines) is 1. The van der Waals surface area contributed by atoms with E-state index in [1.807, 2.05) is 20.8 Å². The van der Waals surface area contributed by atoms with Crippen LogP contribution in [0.3, 0.4) is 0 Å². The van der Waals surface area contributed by atoms with Crippen molar-refractivity contribution < 1.29 is 9.05 Å². The molecule has 0 amide bonds. The summed E-state index contributed by atoms with van der Waals surface area (Å²) in [5.41, 5.74) is 2.15. The van der Waals surface area contributed by atoms with Crippen LogP contribution in [-0.2, 0) is 13.0 Å². The standard InChI is InChI=1S/C14H20N4O2/c1-4-13-15-14(17-20-13)12-6-5-7-18(12)8-11-9(2)16-19-10(11)3/h12H,4-8H2,1-3H3. The predicted octanol–water partition coefficient (Wildman–Crippen LogP) is 2.57. The van der Waals surface area contributed by atoms with Gasteiger partial charge in [-0.05, 0) is 33.2 Å². The molecule has 1 aliphatic heterocycles. The van der Waals surface area contributed by atoms with Gasteiger partial charge in [-0.25, -0.2) is 0 Å². The van der Waals surface area contributed by atoms with Gasteiger partial charge in [-0.2, -0.15) is 4.98 Å². The summed E-state index contributed by atoms with van der Waals surface area (Å²) in [7, 11) is 0. The first-order valence-corrected chi connectivity index (χ1v) is 7.17. The highest BCUT2D eigenvalue weighted by Gasteiger charge is 2.31. The van der Waals surface area contributed by atoms with Gasteiger partial charge >= 0.3 is 0 Å². The zero-order valence-electron chi connectivity index (χ0n) is 12.2. The molecule has 0 bridgehead atoms. The first-order valence-electron chi connectivity index (χ1n) is 7.17. The summed E-state index contributed by atoms with van der Waals surface area (Å²) in [6.45, 7) is 7.85. The molecule has 3 heterocycles. The normalized spacial score (nSPS) is 19.9. The molecule has 0 spiro atoms. The number of nitrogens with zero attached hydrogens (tertiary/aromatic N) is 4. The van der Waals surface area contributed by atoms with Crippen LogP contribution < -0.4 is 0 Å². The molecule has 0 radical (unpaired) electrons. The van der Waals surface area contributed by atoms with E-state index in [-0.39, 0.29) is 6.04 Å². The van der Waals surface area contributed by atoms with E-state index >= 15 is 0 Å². The van der Waals surface area contributed by atoms with E-state index in [0.717, 1.165) is 49.6 Å². The number of aromatic nitrogens is 3. The summed E-state index contributed by atoms with van der Waals surface area (Å²) >= 11 is 0. The highest BCUT2D eigenvalue weighted by Crippen LogP contribution is 2.32. The third-order valence-electron chi connectivity index (χ3n) is 3.99. The molecule has 0 aromatic carbocycles. The van der Waals surface area contributed by atoms with Crippen LogP contribution in [0, 0.1) is 13.8 Å². The van der Waals surface area contributed by atoms with Crippen LogP contribution in [0.25, 0.3) is 0 Å². The smallest absolute Gasteiger partial charge is 0.226 e. The summed E-state index contributed by atoms with van der Waals surface area (Å²) in [6.07, 6.45) is 3.01. The topological polar surface area (TPSA) is 68.2 Å². The quantitative estimate of drug-likeness (QED) is 0.855. The summed E-state index contributed by atoms with van der Waals surface area (Å²) < 4.78 is 10.5. The van der Waals surface area contributed by atoms with Crippen molar-refractivity contribution in [2.24, 2.45) is 0 Å². The van der Waals surface area contributed by atoms with E-state index < -0.39 is 0 Å². The van der Waals surface area contributed by atoms with Crippen molar-refractivity contribution >= 4 is 0 Å². The van der Waals surface area contributed by atoms with E-state index in [9.17, 15) is 0 Å². The number of hydrogen-bond donors (Lipinski definition) is 0. The van der Waals surface area contributed by atoms with E-state index in [1.54, 1.807) is 0 Å². The Morgan fingerprint density at radius 3 is 2.75 bits per heavy atom. The summed E-state index contributed by atoms with van der Waals surface area (Å²) in [6, 6.07) is 0.243. The second kappa shape index (κ2) is 5.36. The molecule has 20 heavy (non-hydrogen) atoms. The summed E-state index contributed by atoms with van der Waals surface area (Å²) in [4.78, 5) is 6.86. The lowest BCUT2D eigenvalue weighted by atomic mass is 10.1. The molecular formula is C14H20N4O2. The van der Waals surface area contributed by atoms with Gasteiger partial charge in [0.05, 0.1) is 11.7 Å². The van der Waals surface area contributed by atoms with Crippen LogP contribution in [0.5, 0.6) is 0 Å². The molecule has 3 rings (SSSR count). The molecule has 1 saturated heterocycles.